The Morgan fingerprint density at radius 1 is 1.88 bits per heavy atom. The Labute approximate surface area is 46.9 Å². The van der Waals surface area contributed by atoms with E-state index in [1.165, 1.54) is 6.26 Å². The van der Waals surface area contributed by atoms with Crippen LogP contribution >= 0.6 is 0 Å². The van der Waals surface area contributed by atoms with Gasteiger partial charge in [0.2, 0.25) is 0 Å². The number of aromatic nitrogens is 1. The molecule has 44 valence electrons. The predicted molar refractivity (Wildman–Crippen MR) is 27.2 cm³/mol. The molecule has 0 bridgehead atoms. The molecule has 1 rings (SSSR count). The van der Waals surface area contributed by atoms with Crippen molar-refractivity contribution in [1.29, 1.82) is 0 Å². The summed E-state index contributed by atoms with van der Waals surface area (Å²) in [4.78, 5) is 0. The van der Waals surface area contributed by atoms with Gasteiger partial charge in [-0.2, -0.15) is 0 Å². The van der Waals surface area contributed by atoms with E-state index in [0.29, 0.717) is 0 Å². The highest BCUT2D eigenvalue weighted by Gasteiger charge is 1.97. The summed E-state index contributed by atoms with van der Waals surface area (Å²) < 4.78 is 4.53. The molecule has 0 fully saturated rings. The zero-order chi connectivity index (χ0) is 5.98. The van der Waals surface area contributed by atoms with Gasteiger partial charge in [0, 0.05) is 5.56 Å². The zero-order valence-corrected chi connectivity index (χ0v) is 4.59. The molecule has 0 aliphatic rings. The van der Waals surface area contributed by atoms with Crippen molar-refractivity contribution in [2.45, 2.75) is 13.5 Å². The van der Waals surface area contributed by atoms with Gasteiger partial charge in [-0.05, 0) is 6.92 Å². The van der Waals surface area contributed by atoms with Gasteiger partial charge in [0.25, 0.3) is 0 Å². The standard InChI is InChI=1S/C5H7NO2/c1-4-5(2-7)3-8-6-4/h3,7H,2H2,1H3. The van der Waals surface area contributed by atoms with Crippen LogP contribution in [0.15, 0.2) is 10.8 Å². The van der Waals surface area contributed by atoms with Gasteiger partial charge in [-0.25, -0.2) is 0 Å². The van der Waals surface area contributed by atoms with Crippen LogP contribution < -0.4 is 0 Å². The molecule has 1 aromatic rings. The van der Waals surface area contributed by atoms with Crippen molar-refractivity contribution in [2.24, 2.45) is 0 Å². The summed E-state index contributed by atoms with van der Waals surface area (Å²) in [6.07, 6.45) is 1.44. The van der Waals surface area contributed by atoms with Gasteiger partial charge in [-0.3, -0.25) is 0 Å². The smallest absolute Gasteiger partial charge is 0.129 e. The fraction of sp³-hybridized carbons (Fsp3) is 0.400. The number of hydrogen-bond donors (Lipinski definition) is 1. The maximum atomic E-state index is 8.51. The highest BCUT2D eigenvalue weighted by Crippen LogP contribution is 2.02. The van der Waals surface area contributed by atoms with Crippen molar-refractivity contribution in [1.82, 2.24) is 5.16 Å². The normalized spacial score (nSPS) is 9.75. The summed E-state index contributed by atoms with van der Waals surface area (Å²) in [5.41, 5.74) is 1.51. The average Bonchev–Trinajstić information content (AvgIpc) is 2.14. The van der Waals surface area contributed by atoms with Crippen molar-refractivity contribution in [3.05, 3.63) is 17.5 Å². The third-order valence-corrected chi connectivity index (χ3v) is 1.02. The lowest BCUT2D eigenvalue weighted by Crippen LogP contribution is -1.81. The van der Waals surface area contributed by atoms with Gasteiger partial charge >= 0.3 is 0 Å². The zero-order valence-electron chi connectivity index (χ0n) is 4.59. The predicted octanol–water partition coefficient (Wildman–Crippen LogP) is 0.475. The lowest BCUT2D eigenvalue weighted by molar-refractivity contribution is 0.280. The van der Waals surface area contributed by atoms with Crippen LogP contribution in [0.1, 0.15) is 11.3 Å². The van der Waals surface area contributed by atoms with Crippen molar-refractivity contribution in [2.75, 3.05) is 0 Å². The molecule has 0 radical (unpaired) electrons. The van der Waals surface area contributed by atoms with E-state index in [2.05, 4.69) is 9.68 Å². The molecule has 3 nitrogen and oxygen atoms in total. The number of hydrogen-bond acceptors (Lipinski definition) is 3. The Morgan fingerprint density at radius 2 is 2.62 bits per heavy atom. The molecule has 0 saturated carbocycles. The Hall–Kier alpha value is -0.830. The van der Waals surface area contributed by atoms with E-state index in [9.17, 15) is 0 Å². The first-order chi connectivity index (χ1) is 3.84. The van der Waals surface area contributed by atoms with Crippen LogP contribution in [0.5, 0.6) is 0 Å². The minimum atomic E-state index is 0.00926. The molecular weight excluding hydrogens is 106 g/mol. The van der Waals surface area contributed by atoms with Crippen LogP contribution in [0.2, 0.25) is 0 Å². The number of aliphatic hydroxyl groups is 1. The molecule has 0 atom stereocenters. The average molecular weight is 113 g/mol. The number of aryl methyl sites for hydroxylation is 1. The molecule has 8 heavy (non-hydrogen) atoms. The van der Waals surface area contributed by atoms with Crippen LogP contribution in [-0.4, -0.2) is 10.3 Å². The first-order valence-electron chi connectivity index (χ1n) is 2.35. The largest absolute Gasteiger partial charge is 0.391 e. The van der Waals surface area contributed by atoms with E-state index in [4.69, 9.17) is 5.11 Å². The highest BCUT2D eigenvalue weighted by molar-refractivity contribution is 5.10. The van der Waals surface area contributed by atoms with E-state index in [1.807, 2.05) is 0 Å². The van der Waals surface area contributed by atoms with Gasteiger partial charge in [-0.15, -0.1) is 0 Å². The molecule has 0 aliphatic heterocycles. The van der Waals surface area contributed by atoms with Crippen LogP contribution in [0.4, 0.5) is 0 Å². The van der Waals surface area contributed by atoms with Crippen molar-refractivity contribution < 1.29 is 9.63 Å². The van der Waals surface area contributed by atoms with E-state index < -0.39 is 0 Å². The van der Waals surface area contributed by atoms with Crippen molar-refractivity contribution in [3.8, 4) is 0 Å². The maximum Gasteiger partial charge on any atom is 0.129 e. The van der Waals surface area contributed by atoms with E-state index in [0.717, 1.165) is 11.3 Å². The third-order valence-electron chi connectivity index (χ3n) is 1.02. The van der Waals surface area contributed by atoms with E-state index in [1.54, 1.807) is 6.92 Å². The lowest BCUT2D eigenvalue weighted by atomic mass is 10.3. The second kappa shape index (κ2) is 1.96. The minimum Gasteiger partial charge on any atom is -0.391 e. The van der Waals surface area contributed by atoms with Gasteiger partial charge < -0.3 is 9.63 Å². The quantitative estimate of drug-likeness (QED) is 0.576. The number of aliphatic hydroxyl groups excluding tert-OH is 1. The maximum absolute atomic E-state index is 8.51. The van der Waals surface area contributed by atoms with Gasteiger partial charge in [0.05, 0.1) is 12.3 Å². The summed E-state index contributed by atoms with van der Waals surface area (Å²) in [6.45, 7) is 1.80. The van der Waals surface area contributed by atoms with Crippen LogP contribution in [0.25, 0.3) is 0 Å². The fourth-order valence-electron chi connectivity index (χ4n) is 0.465. The van der Waals surface area contributed by atoms with Crippen molar-refractivity contribution >= 4 is 0 Å². The first kappa shape index (κ1) is 5.31. The summed E-state index contributed by atoms with van der Waals surface area (Å²) >= 11 is 0. The topological polar surface area (TPSA) is 46.3 Å². The molecule has 0 aliphatic carbocycles. The number of rotatable bonds is 1. The molecule has 3 heteroatoms. The van der Waals surface area contributed by atoms with Crippen LogP contribution in [-0.2, 0) is 6.61 Å². The summed E-state index contributed by atoms with van der Waals surface area (Å²) in [6, 6.07) is 0. The van der Waals surface area contributed by atoms with E-state index >= 15 is 0 Å². The monoisotopic (exact) mass is 113 g/mol. The Morgan fingerprint density at radius 3 is 2.88 bits per heavy atom. The van der Waals surface area contributed by atoms with E-state index in [-0.39, 0.29) is 6.61 Å². The Balaban J connectivity index is 2.92. The minimum absolute atomic E-state index is 0.00926. The molecule has 0 saturated heterocycles. The van der Waals surface area contributed by atoms with Crippen LogP contribution in [0, 0.1) is 6.92 Å². The molecule has 1 N–H and O–H groups in total. The van der Waals surface area contributed by atoms with Crippen LogP contribution in [0.3, 0.4) is 0 Å². The second-order valence-corrected chi connectivity index (χ2v) is 1.58. The van der Waals surface area contributed by atoms with Gasteiger partial charge in [0.15, 0.2) is 0 Å². The first-order valence-corrected chi connectivity index (χ1v) is 2.35. The van der Waals surface area contributed by atoms with Gasteiger partial charge in [-0.1, -0.05) is 5.16 Å². The molecule has 1 aromatic heterocycles. The molecular formula is C5H7NO2. The third kappa shape index (κ3) is 0.721. The SMILES string of the molecule is Cc1nocc1CO. The molecule has 1 heterocycles. The van der Waals surface area contributed by atoms with Crippen molar-refractivity contribution in [3.63, 3.8) is 0 Å². The fourth-order valence-corrected chi connectivity index (χ4v) is 0.465. The second-order valence-electron chi connectivity index (χ2n) is 1.58. The molecule has 0 unspecified atom stereocenters. The summed E-state index contributed by atoms with van der Waals surface area (Å²) in [5.74, 6) is 0. The molecule has 0 aromatic carbocycles. The Bertz CT molecular complexity index is 171. The number of nitrogens with zero attached hydrogens (tertiary/aromatic N) is 1. The highest BCUT2D eigenvalue weighted by atomic mass is 16.5. The lowest BCUT2D eigenvalue weighted by Gasteiger charge is -1.82. The summed E-state index contributed by atoms with van der Waals surface area (Å²) in [7, 11) is 0. The summed E-state index contributed by atoms with van der Waals surface area (Å²) in [5, 5.41) is 12.1. The van der Waals surface area contributed by atoms with Gasteiger partial charge in [0.1, 0.15) is 6.26 Å². The molecule has 0 spiro atoms. The molecule has 0 amide bonds. The Kier molecular flexibility index (Phi) is 1.30.